The number of nitrogens with zero attached hydrogens (tertiary/aromatic N) is 1. The molecular weight excluding hydrogens is 524 g/mol. The lowest BCUT2D eigenvalue weighted by Crippen LogP contribution is -2.31. The molecule has 0 aliphatic carbocycles. The zero-order valence-corrected chi connectivity index (χ0v) is 24.5. The summed E-state index contributed by atoms with van der Waals surface area (Å²) in [5, 5.41) is 2.88. The van der Waals surface area contributed by atoms with Crippen molar-refractivity contribution in [1.29, 1.82) is 0 Å². The Bertz CT molecular complexity index is 1010. The first kappa shape index (κ1) is 34.0. The monoisotopic (exact) mass is 570 g/mol. The number of unbranched alkanes of at least 4 members (excludes halogenated alkanes) is 4. The molecular formula is C32H46N2O7. The standard InChI is InChI=1S/C32H46N2O7/c1-2-26-23-31(39)34(32(26)40)20-8-4-7-14-30(38)33-19-10-22-41-21-9-12-28(36)11-5-3-6-13-29(37)27-17-15-25(24-35)16-18-27/h15-18,24,26H,2-14,19-23H2,1H3,(H,33,38). The highest BCUT2D eigenvalue weighted by atomic mass is 16.5. The molecule has 1 aliphatic rings. The van der Waals surface area contributed by atoms with Crippen molar-refractivity contribution in [2.75, 3.05) is 26.3 Å². The van der Waals surface area contributed by atoms with Crippen molar-refractivity contribution in [3.63, 3.8) is 0 Å². The Kier molecular flexibility index (Phi) is 16.4. The molecule has 2 rings (SSSR count). The van der Waals surface area contributed by atoms with Gasteiger partial charge in [0.05, 0.1) is 0 Å². The van der Waals surface area contributed by atoms with Crippen molar-refractivity contribution in [2.24, 2.45) is 5.92 Å². The second kappa shape index (κ2) is 19.8. The normalized spacial score (nSPS) is 14.9. The number of aldehydes is 1. The number of hydrogen-bond acceptors (Lipinski definition) is 7. The molecule has 3 amide bonds. The fourth-order valence-corrected chi connectivity index (χ4v) is 4.80. The fraction of sp³-hybridized carbons (Fsp3) is 0.625. The summed E-state index contributed by atoms with van der Waals surface area (Å²) in [6.45, 7) is 3.95. The van der Waals surface area contributed by atoms with Gasteiger partial charge in [0, 0.05) is 75.5 Å². The SMILES string of the molecule is CCC1CC(=O)N(CCCCCC(=O)NCCCOCCCC(=O)CCCCCC(=O)c2ccc(C=O)cc2)C1=O. The summed E-state index contributed by atoms with van der Waals surface area (Å²) in [4.78, 5) is 72.3. The third-order valence-electron chi connectivity index (χ3n) is 7.38. The zero-order valence-electron chi connectivity index (χ0n) is 24.5. The smallest absolute Gasteiger partial charge is 0.232 e. The van der Waals surface area contributed by atoms with Crippen LogP contribution < -0.4 is 5.32 Å². The fourth-order valence-electron chi connectivity index (χ4n) is 4.80. The molecule has 1 heterocycles. The highest BCUT2D eigenvalue weighted by Crippen LogP contribution is 2.22. The van der Waals surface area contributed by atoms with Crippen molar-refractivity contribution < 1.29 is 33.5 Å². The lowest BCUT2D eigenvalue weighted by molar-refractivity contribution is -0.139. The number of imide groups is 1. The molecule has 0 spiro atoms. The number of amides is 3. The Labute approximate surface area is 243 Å². The molecule has 9 nitrogen and oxygen atoms in total. The molecule has 0 radical (unpaired) electrons. The van der Waals surface area contributed by atoms with Gasteiger partial charge in [-0.05, 0) is 44.9 Å². The molecule has 0 aromatic heterocycles. The molecule has 1 aromatic rings. The molecule has 0 bridgehead atoms. The molecule has 1 fully saturated rings. The van der Waals surface area contributed by atoms with E-state index in [4.69, 9.17) is 4.74 Å². The number of likely N-dealkylation sites (tertiary alicyclic amines) is 1. The number of Topliss-reactive ketones (excluding diaryl/α,β-unsaturated/α-hetero) is 2. The molecule has 41 heavy (non-hydrogen) atoms. The van der Waals surface area contributed by atoms with Crippen LogP contribution in [0.3, 0.4) is 0 Å². The van der Waals surface area contributed by atoms with E-state index in [-0.39, 0.29) is 35.2 Å². The minimum Gasteiger partial charge on any atom is -0.381 e. The van der Waals surface area contributed by atoms with Crippen LogP contribution in [-0.2, 0) is 23.9 Å². The van der Waals surface area contributed by atoms with Gasteiger partial charge in [-0.1, -0.05) is 44.0 Å². The topological polar surface area (TPSA) is 127 Å². The number of ketones is 2. The van der Waals surface area contributed by atoms with Gasteiger partial charge in [-0.15, -0.1) is 0 Å². The van der Waals surface area contributed by atoms with Crippen LogP contribution in [-0.4, -0.2) is 66.8 Å². The van der Waals surface area contributed by atoms with E-state index in [1.807, 2.05) is 6.92 Å². The average molecular weight is 571 g/mol. The minimum absolute atomic E-state index is 0.00687. The highest BCUT2D eigenvalue weighted by molar-refractivity contribution is 6.03. The molecule has 9 heteroatoms. The summed E-state index contributed by atoms with van der Waals surface area (Å²) in [5.74, 6) is -0.0335. The van der Waals surface area contributed by atoms with E-state index in [9.17, 15) is 28.8 Å². The second-order valence-corrected chi connectivity index (χ2v) is 10.7. The first-order valence-electron chi connectivity index (χ1n) is 15.1. The molecule has 1 unspecified atom stereocenters. The summed E-state index contributed by atoms with van der Waals surface area (Å²) < 4.78 is 5.57. The number of carbonyl (C=O) groups excluding carboxylic acids is 6. The third-order valence-corrected chi connectivity index (χ3v) is 7.38. The van der Waals surface area contributed by atoms with Gasteiger partial charge < -0.3 is 10.1 Å². The maximum atomic E-state index is 12.2. The largest absolute Gasteiger partial charge is 0.381 e. The van der Waals surface area contributed by atoms with Crippen LogP contribution in [0, 0.1) is 5.92 Å². The molecule has 1 aromatic carbocycles. The van der Waals surface area contributed by atoms with Gasteiger partial charge in [-0.2, -0.15) is 0 Å². The van der Waals surface area contributed by atoms with Crippen molar-refractivity contribution in [3.8, 4) is 0 Å². The van der Waals surface area contributed by atoms with Crippen molar-refractivity contribution in [3.05, 3.63) is 35.4 Å². The van der Waals surface area contributed by atoms with Crippen LogP contribution in [0.15, 0.2) is 24.3 Å². The van der Waals surface area contributed by atoms with Crippen LogP contribution in [0.1, 0.15) is 118 Å². The maximum Gasteiger partial charge on any atom is 0.232 e. The predicted octanol–water partition coefficient (Wildman–Crippen LogP) is 4.85. The molecule has 1 N–H and O–H groups in total. The lowest BCUT2D eigenvalue weighted by atomic mass is 10.0. The summed E-state index contributed by atoms with van der Waals surface area (Å²) >= 11 is 0. The highest BCUT2D eigenvalue weighted by Gasteiger charge is 2.36. The third kappa shape index (κ3) is 13.3. The van der Waals surface area contributed by atoms with E-state index >= 15 is 0 Å². The second-order valence-electron chi connectivity index (χ2n) is 10.7. The minimum atomic E-state index is -0.159. The predicted molar refractivity (Wildman–Crippen MR) is 156 cm³/mol. The van der Waals surface area contributed by atoms with E-state index in [0.29, 0.717) is 88.8 Å². The summed E-state index contributed by atoms with van der Waals surface area (Å²) in [6.07, 6.45) is 9.59. The zero-order chi connectivity index (χ0) is 29.9. The Morgan fingerprint density at radius 1 is 0.878 bits per heavy atom. The van der Waals surface area contributed by atoms with Gasteiger partial charge in [0.2, 0.25) is 17.7 Å². The number of nitrogens with one attached hydrogen (secondary N) is 1. The van der Waals surface area contributed by atoms with E-state index in [0.717, 1.165) is 44.8 Å². The van der Waals surface area contributed by atoms with Crippen molar-refractivity contribution in [1.82, 2.24) is 10.2 Å². The number of rotatable bonds is 23. The molecule has 1 atom stereocenters. The van der Waals surface area contributed by atoms with E-state index in [1.54, 1.807) is 24.3 Å². The molecule has 1 aliphatic heterocycles. The van der Waals surface area contributed by atoms with Gasteiger partial charge in [0.15, 0.2) is 5.78 Å². The number of carbonyl (C=O) groups is 6. The summed E-state index contributed by atoms with van der Waals surface area (Å²) in [6, 6.07) is 6.62. The molecule has 226 valence electrons. The van der Waals surface area contributed by atoms with Gasteiger partial charge in [-0.25, -0.2) is 0 Å². The Morgan fingerprint density at radius 2 is 1.54 bits per heavy atom. The van der Waals surface area contributed by atoms with Crippen molar-refractivity contribution in [2.45, 2.75) is 96.8 Å². The Morgan fingerprint density at radius 3 is 2.24 bits per heavy atom. The maximum absolute atomic E-state index is 12.2. The number of benzene rings is 1. The van der Waals surface area contributed by atoms with E-state index < -0.39 is 0 Å². The van der Waals surface area contributed by atoms with Crippen LogP contribution >= 0.6 is 0 Å². The molecule has 0 saturated carbocycles. The Balaban J connectivity index is 1.35. The van der Waals surface area contributed by atoms with Crippen LogP contribution in [0.2, 0.25) is 0 Å². The first-order chi connectivity index (χ1) is 19.8. The Hall–Kier alpha value is -3.20. The van der Waals surface area contributed by atoms with E-state index in [1.165, 1.54) is 4.90 Å². The van der Waals surface area contributed by atoms with Crippen LogP contribution in [0.4, 0.5) is 0 Å². The van der Waals surface area contributed by atoms with Gasteiger partial charge >= 0.3 is 0 Å². The number of ether oxygens (including phenoxy) is 1. The van der Waals surface area contributed by atoms with E-state index in [2.05, 4.69) is 5.32 Å². The number of hydrogen-bond donors (Lipinski definition) is 1. The average Bonchev–Trinajstić information content (AvgIpc) is 3.25. The van der Waals surface area contributed by atoms with Crippen LogP contribution in [0.5, 0.6) is 0 Å². The quantitative estimate of drug-likeness (QED) is 0.0862. The van der Waals surface area contributed by atoms with Crippen molar-refractivity contribution >= 4 is 35.6 Å². The van der Waals surface area contributed by atoms with Crippen LogP contribution in [0.25, 0.3) is 0 Å². The lowest BCUT2D eigenvalue weighted by Gasteiger charge is -2.14. The van der Waals surface area contributed by atoms with Gasteiger partial charge in [-0.3, -0.25) is 33.7 Å². The summed E-state index contributed by atoms with van der Waals surface area (Å²) in [7, 11) is 0. The summed E-state index contributed by atoms with van der Waals surface area (Å²) in [5.41, 5.74) is 1.16. The molecule has 1 saturated heterocycles. The van der Waals surface area contributed by atoms with Gasteiger partial charge in [0.1, 0.15) is 12.1 Å². The van der Waals surface area contributed by atoms with Gasteiger partial charge in [0.25, 0.3) is 0 Å². The first-order valence-corrected chi connectivity index (χ1v) is 15.1.